The Morgan fingerprint density at radius 1 is 1.03 bits per heavy atom. The molecule has 2 aromatic carbocycles. The van der Waals surface area contributed by atoms with Crippen LogP contribution < -0.4 is 5.32 Å². The standard InChI is InChI=1S/C29H38N4/c1-21-10-13-26(14-11-21)33-28-19-24(20-32-16-5-4-6-17-32)12-15-27(28)31-29(33)30-23(3)25-9-7-8-22(2)18-25/h7-9,12,15,18-19,21,26H,3-6,10-11,13-14,16-17,20H2,1-2H3,(H,30,31). The minimum absolute atomic E-state index is 0.490. The van der Waals surface area contributed by atoms with Crippen LogP contribution in [-0.2, 0) is 6.54 Å². The molecule has 0 radical (unpaired) electrons. The molecule has 0 amide bonds. The quantitative estimate of drug-likeness (QED) is 0.439. The molecular weight excluding hydrogens is 404 g/mol. The molecular formula is C29H38N4. The molecule has 1 aliphatic heterocycles. The van der Waals surface area contributed by atoms with Crippen LogP contribution in [0, 0.1) is 12.8 Å². The van der Waals surface area contributed by atoms with Crippen LogP contribution in [0.5, 0.6) is 0 Å². The summed E-state index contributed by atoms with van der Waals surface area (Å²) in [6.45, 7) is 12.4. The van der Waals surface area contributed by atoms with Gasteiger partial charge in [0.25, 0.3) is 0 Å². The Kier molecular flexibility index (Phi) is 6.55. The molecule has 2 heterocycles. The molecule has 1 saturated carbocycles. The first-order valence-electron chi connectivity index (χ1n) is 12.8. The molecule has 33 heavy (non-hydrogen) atoms. The number of hydrogen-bond acceptors (Lipinski definition) is 3. The molecule has 4 heteroatoms. The number of nitrogens with zero attached hydrogens (tertiary/aromatic N) is 3. The number of nitrogens with one attached hydrogen (secondary N) is 1. The number of rotatable bonds is 6. The molecule has 1 N–H and O–H groups in total. The van der Waals surface area contributed by atoms with Crippen molar-refractivity contribution in [2.45, 2.75) is 71.4 Å². The van der Waals surface area contributed by atoms with E-state index in [4.69, 9.17) is 4.98 Å². The Bertz CT molecular complexity index is 1110. The lowest BCUT2D eigenvalue weighted by Crippen LogP contribution is -2.29. The number of aryl methyl sites for hydroxylation is 1. The second-order valence-corrected chi connectivity index (χ2v) is 10.4. The van der Waals surface area contributed by atoms with Gasteiger partial charge in [-0.2, -0.15) is 0 Å². The van der Waals surface area contributed by atoms with E-state index in [1.807, 2.05) is 0 Å². The van der Waals surface area contributed by atoms with Crippen LogP contribution in [0.3, 0.4) is 0 Å². The topological polar surface area (TPSA) is 33.1 Å². The minimum Gasteiger partial charge on any atom is -0.326 e. The lowest BCUT2D eigenvalue weighted by atomic mass is 9.87. The molecule has 3 aromatic rings. The van der Waals surface area contributed by atoms with Crippen LogP contribution >= 0.6 is 0 Å². The summed E-state index contributed by atoms with van der Waals surface area (Å²) in [5.41, 5.74) is 7.02. The van der Waals surface area contributed by atoms with Gasteiger partial charge >= 0.3 is 0 Å². The van der Waals surface area contributed by atoms with Gasteiger partial charge in [-0.15, -0.1) is 0 Å². The van der Waals surface area contributed by atoms with Gasteiger partial charge in [-0.3, -0.25) is 4.90 Å². The number of piperidine rings is 1. The van der Waals surface area contributed by atoms with Gasteiger partial charge in [-0.1, -0.05) is 49.8 Å². The largest absolute Gasteiger partial charge is 0.326 e. The third kappa shape index (κ3) is 5.01. The van der Waals surface area contributed by atoms with Crippen LogP contribution in [0.4, 0.5) is 5.95 Å². The highest BCUT2D eigenvalue weighted by Gasteiger charge is 2.25. The Morgan fingerprint density at radius 3 is 2.58 bits per heavy atom. The SMILES string of the molecule is C=C(Nc1nc2ccc(CN3CCCCC3)cc2n1C1CCC(C)CC1)c1cccc(C)c1. The summed E-state index contributed by atoms with van der Waals surface area (Å²) in [4.78, 5) is 7.66. The van der Waals surface area contributed by atoms with Gasteiger partial charge in [0.2, 0.25) is 5.95 Å². The maximum atomic E-state index is 5.06. The van der Waals surface area contributed by atoms with E-state index >= 15 is 0 Å². The number of aromatic nitrogens is 2. The summed E-state index contributed by atoms with van der Waals surface area (Å²) >= 11 is 0. The highest BCUT2D eigenvalue weighted by Crippen LogP contribution is 2.37. The fourth-order valence-corrected chi connectivity index (χ4v) is 5.61. The third-order valence-electron chi connectivity index (χ3n) is 7.59. The van der Waals surface area contributed by atoms with E-state index in [-0.39, 0.29) is 0 Å². The summed E-state index contributed by atoms with van der Waals surface area (Å²) in [5.74, 6) is 1.76. The predicted molar refractivity (Wildman–Crippen MR) is 139 cm³/mol. The first-order valence-corrected chi connectivity index (χ1v) is 12.8. The molecule has 0 spiro atoms. The van der Waals surface area contributed by atoms with Crippen LogP contribution in [-0.4, -0.2) is 27.5 Å². The normalized spacial score (nSPS) is 21.9. The average molecular weight is 443 g/mol. The maximum absolute atomic E-state index is 5.06. The molecule has 2 aliphatic rings. The third-order valence-corrected chi connectivity index (χ3v) is 7.59. The van der Waals surface area contributed by atoms with Gasteiger partial charge in [0.1, 0.15) is 0 Å². The van der Waals surface area contributed by atoms with Crippen molar-refractivity contribution < 1.29 is 0 Å². The summed E-state index contributed by atoms with van der Waals surface area (Å²) < 4.78 is 2.49. The molecule has 1 saturated heterocycles. The van der Waals surface area contributed by atoms with Crippen LogP contribution in [0.1, 0.15) is 74.6 Å². The molecule has 1 aliphatic carbocycles. The lowest BCUT2D eigenvalue weighted by Gasteiger charge is -2.29. The van der Waals surface area contributed by atoms with Gasteiger partial charge in [0.15, 0.2) is 0 Å². The van der Waals surface area contributed by atoms with Crippen molar-refractivity contribution in [2.24, 2.45) is 5.92 Å². The van der Waals surface area contributed by atoms with Gasteiger partial charge < -0.3 is 9.88 Å². The summed E-state index contributed by atoms with van der Waals surface area (Å²) in [6, 6.07) is 15.9. The van der Waals surface area contributed by atoms with Crippen molar-refractivity contribution in [2.75, 3.05) is 18.4 Å². The molecule has 0 unspecified atom stereocenters. The van der Waals surface area contributed by atoms with Gasteiger partial charge in [-0.05, 0) is 93.8 Å². The number of anilines is 1. The second kappa shape index (κ2) is 9.72. The Labute approximate surface area is 198 Å². The first-order chi connectivity index (χ1) is 16.1. The number of benzene rings is 2. The molecule has 2 fully saturated rings. The fraction of sp³-hybridized carbons (Fsp3) is 0.483. The van der Waals surface area contributed by atoms with E-state index in [1.54, 1.807) is 0 Å². The zero-order valence-corrected chi connectivity index (χ0v) is 20.3. The number of fused-ring (bicyclic) bond motifs is 1. The van der Waals surface area contributed by atoms with E-state index in [1.165, 1.54) is 74.7 Å². The average Bonchev–Trinajstić information content (AvgIpc) is 3.17. The van der Waals surface area contributed by atoms with Gasteiger partial charge in [-0.25, -0.2) is 4.98 Å². The predicted octanol–water partition coefficient (Wildman–Crippen LogP) is 7.16. The zero-order valence-electron chi connectivity index (χ0n) is 20.3. The van der Waals surface area contributed by atoms with Crippen LogP contribution in [0.2, 0.25) is 0 Å². The number of hydrogen-bond donors (Lipinski definition) is 1. The highest BCUT2D eigenvalue weighted by molar-refractivity contribution is 5.83. The van der Waals surface area contributed by atoms with E-state index < -0.39 is 0 Å². The van der Waals surface area contributed by atoms with E-state index in [0.29, 0.717) is 6.04 Å². The molecule has 1 aromatic heterocycles. The van der Waals surface area contributed by atoms with Crippen molar-refractivity contribution in [1.82, 2.24) is 14.5 Å². The summed E-state index contributed by atoms with van der Waals surface area (Å²) in [7, 11) is 0. The zero-order chi connectivity index (χ0) is 22.8. The van der Waals surface area contributed by atoms with E-state index in [0.717, 1.165) is 35.2 Å². The minimum atomic E-state index is 0.490. The van der Waals surface area contributed by atoms with Crippen molar-refractivity contribution in [3.63, 3.8) is 0 Å². The van der Waals surface area contributed by atoms with Crippen LogP contribution in [0.25, 0.3) is 16.7 Å². The summed E-state index contributed by atoms with van der Waals surface area (Å²) in [5, 5.41) is 3.60. The monoisotopic (exact) mass is 442 g/mol. The molecule has 4 nitrogen and oxygen atoms in total. The van der Waals surface area contributed by atoms with E-state index in [9.17, 15) is 0 Å². The fourth-order valence-electron chi connectivity index (χ4n) is 5.61. The Balaban J connectivity index is 1.48. The Morgan fingerprint density at radius 2 is 1.82 bits per heavy atom. The van der Waals surface area contributed by atoms with Crippen molar-refractivity contribution in [3.8, 4) is 0 Å². The van der Waals surface area contributed by atoms with Gasteiger partial charge in [0, 0.05) is 18.3 Å². The Hall–Kier alpha value is -2.59. The maximum Gasteiger partial charge on any atom is 0.208 e. The molecule has 174 valence electrons. The van der Waals surface area contributed by atoms with Crippen molar-refractivity contribution in [3.05, 3.63) is 65.7 Å². The van der Waals surface area contributed by atoms with Crippen LogP contribution in [0.15, 0.2) is 49.0 Å². The highest BCUT2D eigenvalue weighted by atomic mass is 15.2. The van der Waals surface area contributed by atoms with Crippen molar-refractivity contribution >= 4 is 22.7 Å². The summed E-state index contributed by atoms with van der Waals surface area (Å²) in [6.07, 6.45) is 9.04. The van der Waals surface area contributed by atoms with Crippen molar-refractivity contribution in [1.29, 1.82) is 0 Å². The van der Waals surface area contributed by atoms with E-state index in [2.05, 4.69) is 77.7 Å². The smallest absolute Gasteiger partial charge is 0.208 e. The number of imidazole rings is 1. The molecule has 0 atom stereocenters. The second-order valence-electron chi connectivity index (χ2n) is 10.4. The first kappa shape index (κ1) is 22.2. The number of likely N-dealkylation sites (tertiary alicyclic amines) is 1. The molecule has 0 bridgehead atoms. The van der Waals surface area contributed by atoms with Gasteiger partial charge in [0.05, 0.1) is 11.0 Å². The molecule has 5 rings (SSSR count). The lowest BCUT2D eigenvalue weighted by molar-refractivity contribution is 0.221.